The molecule has 0 saturated carbocycles. The maximum absolute atomic E-state index is 5.73. The molecule has 0 saturated heterocycles. The number of fused-ring (bicyclic) bond motifs is 1. The smallest absolute Gasteiger partial charge is 0.316 e. The molecule has 158 valence electrons. The van der Waals surface area contributed by atoms with Crippen LogP contribution >= 0.6 is 0 Å². The number of ether oxygens (including phenoxy) is 2. The number of nitrogens with zero attached hydrogens (tertiary/aromatic N) is 5. The summed E-state index contributed by atoms with van der Waals surface area (Å²) >= 11 is 0. The number of hydrogen-bond acceptors (Lipinski definition) is 9. The summed E-state index contributed by atoms with van der Waals surface area (Å²) in [5, 5.41) is 5.06. The summed E-state index contributed by atoms with van der Waals surface area (Å²) in [6.07, 6.45) is 3.21. The molecule has 2 aromatic carbocycles. The van der Waals surface area contributed by atoms with Gasteiger partial charge in [0.1, 0.15) is 11.2 Å². The van der Waals surface area contributed by atoms with E-state index in [1.54, 1.807) is 19.5 Å². The van der Waals surface area contributed by atoms with Gasteiger partial charge in [0, 0.05) is 22.9 Å². The lowest BCUT2D eigenvalue weighted by Gasteiger charge is -2.09. The minimum absolute atomic E-state index is 0.223. The third-order valence-corrected chi connectivity index (χ3v) is 5.00. The lowest BCUT2D eigenvalue weighted by atomic mass is 10.0. The van der Waals surface area contributed by atoms with Crippen molar-refractivity contribution in [2.75, 3.05) is 20.0 Å². The van der Waals surface area contributed by atoms with Gasteiger partial charge in [-0.1, -0.05) is 35.5 Å². The van der Waals surface area contributed by atoms with E-state index in [9.17, 15) is 0 Å². The Hall–Kier alpha value is -4.53. The van der Waals surface area contributed by atoms with Crippen molar-refractivity contribution in [2.45, 2.75) is 0 Å². The molecule has 0 unspecified atom stereocenters. The van der Waals surface area contributed by atoms with Crippen molar-refractivity contribution in [3.05, 3.63) is 60.9 Å². The van der Waals surface area contributed by atoms with Crippen molar-refractivity contribution in [1.29, 1.82) is 0 Å². The fourth-order valence-corrected chi connectivity index (χ4v) is 3.43. The summed E-state index contributed by atoms with van der Waals surface area (Å²) in [7, 11) is 3.10. The minimum atomic E-state index is 0.223. The van der Waals surface area contributed by atoms with E-state index in [1.165, 1.54) is 7.11 Å². The summed E-state index contributed by atoms with van der Waals surface area (Å²) < 4.78 is 16.2. The molecule has 0 radical (unpaired) electrons. The van der Waals surface area contributed by atoms with Crippen LogP contribution < -0.4 is 15.2 Å². The summed E-state index contributed by atoms with van der Waals surface area (Å²) in [6.45, 7) is 0. The average Bonchev–Trinajstić information content (AvgIpc) is 3.27. The Morgan fingerprint density at radius 2 is 1.62 bits per heavy atom. The Labute approximate surface area is 182 Å². The molecule has 32 heavy (non-hydrogen) atoms. The molecule has 9 nitrogen and oxygen atoms in total. The standard InChI is InChI=1S/C23H18N6O3/c1-30-19-12-26-23(31-2)28-20(19)13-3-5-14(6-4-13)21-16-11-15(7-8-18(16)29-32-21)17-9-10-25-22(24)27-17/h3-12H,1-2H3,(H2,24,25,27). The molecule has 0 spiro atoms. The van der Waals surface area contributed by atoms with E-state index in [1.807, 2.05) is 48.5 Å². The first-order chi connectivity index (χ1) is 15.7. The number of methoxy groups -OCH3 is 2. The molecule has 0 aliphatic rings. The van der Waals surface area contributed by atoms with Crippen LogP contribution in [0.1, 0.15) is 0 Å². The van der Waals surface area contributed by atoms with Gasteiger partial charge in [-0.3, -0.25) is 0 Å². The number of nitrogens with two attached hydrogens (primary N) is 1. The Morgan fingerprint density at radius 1 is 0.844 bits per heavy atom. The number of hydrogen-bond donors (Lipinski definition) is 1. The first-order valence-corrected chi connectivity index (χ1v) is 9.70. The maximum Gasteiger partial charge on any atom is 0.316 e. The van der Waals surface area contributed by atoms with E-state index in [0.717, 1.165) is 33.3 Å². The van der Waals surface area contributed by atoms with Gasteiger partial charge in [-0.05, 0) is 18.2 Å². The monoisotopic (exact) mass is 426 g/mol. The normalized spacial score (nSPS) is 10.9. The third-order valence-electron chi connectivity index (χ3n) is 5.00. The highest BCUT2D eigenvalue weighted by Crippen LogP contribution is 2.34. The van der Waals surface area contributed by atoms with E-state index in [4.69, 9.17) is 19.7 Å². The first kappa shape index (κ1) is 19.4. The van der Waals surface area contributed by atoms with Crippen molar-refractivity contribution in [3.63, 3.8) is 0 Å². The maximum atomic E-state index is 5.73. The molecule has 9 heteroatoms. The van der Waals surface area contributed by atoms with Gasteiger partial charge in [-0.15, -0.1) is 0 Å². The van der Waals surface area contributed by atoms with Crippen LogP contribution in [0.2, 0.25) is 0 Å². The summed E-state index contributed by atoms with van der Waals surface area (Å²) in [4.78, 5) is 16.7. The molecule has 0 aliphatic heterocycles. The lowest BCUT2D eigenvalue weighted by Crippen LogP contribution is -1.97. The van der Waals surface area contributed by atoms with Crippen LogP contribution in [0.25, 0.3) is 44.7 Å². The quantitative estimate of drug-likeness (QED) is 0.444. The second kappa shape index (κ2) is 7.95. The molecule has 5 rings (SSSR count). The Bertz CT molecular complexity index is 1420. The zero-order valence-corrected chi connectivity index (χ0v) is 17.3. The second-order valence-corrected chi connectivity index (χ2v) is 6.89. The highest BCUT2D eigenvalue weighted by atomic mass is 16.5. The van der Waals surface area contributed by atoms with Crippen LogP contribution in [0.15, 0.2) is 65.4 Å². The number of aromatic nitrogens is 5. The van der Waals surface area contributed by atoms with Gasteiger partial charge in [-0.2, -0.15) is 9.97 Å². The SMILES string of the molecule is COc1ncc(OC)c(-c2ccc(-c3onc4ccc(-c5ccnc(N)n5)cc34)cc2)n1. The molecule has 0 fully saturated rings. The van der Waals surface area contributed by atoms with Crippen LogP contribution in [0, 0.1) is 0 Å². The number of rotatable bonds is 5. The predicted molar refractivity (Wildman–Crippen MR) is 119 cm³/mol. The van der Waals surface area contributed by atoms with Gasteiger partial charge in [-0.25, -0.2) is 9.97 Å². The molecule has 0 bridgehead atoms. The highest BCUT2D eigenvalue weighted by Gasteiger charge is 2.15. The Morgan fingerprint density at radius 3 is 2.38 bits per heavy atom. The zero-order valence-electron chi connectivity index (χ0n) is 17.3. The van der Waals surface area contributed by atoms with Gasteiger partial charge in [0.25, 0.3) is 0 Å². The van der Waals surface area contributed by atoms with Gasteiger partial charge < -0.3 is 19.7 Å². The van der Waals surface area contributed by atoms with E-state index in [0.29, 0.717) is 17.2 Å². The molecule has 3 aromatic heterocycles. The highest BCUT2D eigenvalue weighted by molar-refractivity contribution is 5.94. The third kappa shape index (κ3) is 3.45. The van der Waals surface area contributed by atoms with Crippen LogP contribution in [0.3, 0.4) is 0 Å². The lowest BCUT2D eigenvalue weighted by molar-refractivity contribution is 0.371. The van der Waals surface area contributed by atoms with E-state index < -0.39 is 0 Å². The summed E-state index contributed by atoms with van der Waals surface area (Å²) in [5.41, 5.74) is 10.5. The topological polar surface area (TPSA) is 122 Å². The van der Waals surface area contributed by atoms with Gasteiger partial charge in [0.05, 0.1) is 31.5 Å². The Balaban J connectivity index is 1.55. The molecule has 5 aromatic rings. The van der Waals surface area contributed by atoms with Crippen molar-refractivity contribution < 1.29 is 14.0 Å². The first-order valence-electron chi connectivity index (χ1n) is 9.70. The summed E-state index contributed by atoms with van der Waals surface area (Å²) in [6, 6.07) is 15.6. The van der Waals surface area contributed by atoms with Crippen LogP contribution in [-0.2, 0) is 0 Å². The molecule has 0 amide bonds. The van der Waals surface area contributed by atoms with E-state index in [-0.39, 0.29) is 12.0 Å². The summed E-state index contributed by atoms with van der Waals surface area (Å²) in [5.74, 6) is 1.43. The van der Waals surface area contributed by atoms with Crippen molar-refractivity contribution in [1.82, 2.24) is 25.1 Å². The number of anilines is 1. The van der Waals surface area contributed by atoms with E-state index >= 15 is 0 Å². The molecule has 3 heterocycles. The van der Waals surface area contributed by atoms with Crippen LogP contribution in [0.4, 0.5) is 5.95 Å². The van der Waals surface area contributed by atoms with Crippen LogP contribution in [-0.4, -0.2) is 39.3 Å². The number of nitrogen functional groups attached to an aromatic ring is 1. The fourth-order valence-electron chi connectivity index (χ4n) is 3.43. The van der Waals surface area contributed by atoms with Gasteiger partial charge in [0.2, 0.25) is 5.95 Å². The zero-order chi connectivity index (χ0) is 22.1. The van der Waals surface area contributed by atoms with Gasteiger partial charge >= 0.3 is 6.01 Å². The molecule has 0 aliphatic carbocycles. The van der Waals surface area contributed by atoms with Gasteiger partial charge in [0.15, 0.2) is 11.5 Å². The molecule has 2 N–H and O–H groups in total. The molecular formula is C23H18N6O3. The van der Waals surface area contributed by atoms with E-state index in [2.05, 4.69) is 25.1 Å². The molecular weight excluding hydrogens is 408 g/mol. The average molecular weight is 426 g/mol. The molecule has 0 atom stereocenters. The minimum Gasteiger partial charge on any atom is -0.493 e. The fraction of sp³-hybridized carbons (Fsp3) is 0.0870. The van der Waals surface area contributed by atoms with Crippen molar-refractivity contribution in [3.8, 4) is 45.6 Å². The Kier molecular flexibility index (Phi) is 4.83. The predicted octanol–water partition coefficient (Wildman–Crippen LogP) is 4.01. The van der Waals surface area contributed by atoms with Crippen LogP contribution in [0.5, 0.6) is 11.8 Å². The largest absolute Gasteiger partial charge is 0.493 e. The van der Waals surface area contributed by atoms with Crippen molar-refractivity contribution in [2.24, 2.45) is 0 Å². The number of benzene rings is 2. The van der Waals surface area contributed by atoms with Crippen molar-refractivity contribution >= 4 is 16.9 Å². The second-order valence-electron chi connectivity index (χ2n) is 6.89.